The molecule has 0 aromatic carbocycles. The van der Waals surface area contributed by atoms with Crippen molar-refractivity contribution in [2.24, 2.45) is 0 Å². The summed E-state index contributed by atoms with van der Waals surface area (Å²) >= 11 is 0. The first-order chi connectivity index (χ1) is 6.93. The summed E-state index contributed by atoms with van der Waals surface area (Å²) in [7, 11) is 0. The molecule has 0 radical (unpaired) electrons. The summed E-state index contributed by atoms with van der Waals surface area (Å²) < 4.78 is 10.1. The van der Waals surface area contributed by atoms with Crippen LogP contribution in [-0.2, 0) is 11.3 Å². The molecule has 0 unspecified atom stereocenters. The molecule has 1 heterocycles. The highest BCUT2D eigenvalue weighted by atomic mass is 16.5. The van der Waals surface area contributed by atoms with Crippen LogP contribution in [0.15, 0.2) is 17.0 Å². The lowest BCUT2D eigenvalue weighted by Crippen LogP contribution is -2.16. The number of oxazole rings is 1. The van der Waals surface area contributed by atoms with E-state index in [0.717, 1.165) is 18.7 Å². The minimum atomic E-state index is 0.0888. The zero-order chi connectivity index (χ0) is 10.1. The molecular weight excluding hydrogens is 184 g/mol. The number of hydrogen-bond donors (Lipinski definition) is 2. The standard InChI is InChI=1S/C9H16N2O3/c12-3-5-13-4-1-2-10-6-9-7-11-8-14-9/h7-8,10,12H,1-6H2. The van der Waals surface area contributed by atoms with Gasteiger partial charge in [-0.1, -0.05) is 0 Å². The van der Waals surface area contributed by atoms with Gasteiger partial charge in [0.2, 0.25) is 0 Å². The zero-order valence-corrected chi connectivity index (χ0v) is 8.11. The van der Waals surface area contributed by atoms with Crippen molar-refractivity contribution in [2.45, 2.75) is 13.0 Å². The molecule has 1 aromatic heterocycles. The van der Waals surface area contributed by atoms with E-state index in [1.807, 2.05) is 0 Å². The second kappa shape index (κ2) is 7.49. The Labute approximate surface area is 83.1 Å². The van der Waals surface area contributed by atoms with Gasteiger partial charge in [0.1, 0.15) is 5.76 Å². The van der Waals surface area contributed by atoms with Crippen LogP contribution in [0.25, 0.3) is 0 Å². The molecule has 5 nitrogen and oxygen atoms in total. The minimum Gasteiger partial charge on any atom is -0.447 e. The van der Waals surface area contributed by atoms with Crippen LogP contribution in [0.5, 0.6) is 0 Å². The Morgan fingerprint density at radius 3 is 3.14 bits per heavy atom. The SMILES string of the molecule is OCCOCCCNCc1cnco1. The van der Waals surface area contributed by atoms with Crippen LogP contribution in [0.1, 0.15) is 12.2 Å². The van der Waals surface area contributed by atoms with Crippen LogP contribution in [0.2, 0.25) is 0 Å². The molecule has 0 aliphatic carbocycles. The van der Waals surface area contributed by atoms with Gasteiger partial charge in [-0.25, -0.2) is 4.98 Å². The van der Waals surface area contributed by atoms with E-state index in [1.165, 1.54) is 6.39 Å². The van der Waals surface area contributed by atoms with Crippen LogP contribution in [0.3, 0.4) is 0 Å². The van der Waals surface area contributed by atoms with Gasteiger partial charge in [-0.15, -0.1) is 0 Å². The fraction of sp³-hybridized carbons (Fsp3) is 0.667. The first-order valence-corrected chi connectivity index (χ1v) is 4.70. The molecule has 0 aliphatic rings. The molecule has 14 heavy (non-hydrogen) atoms. The Morgan fingerprint density at radius 1 is 1.50 bits per heavy atom. The zero-order valence-electron chi connectivity index (χ0n) is 8.11. The summed E-state index contributed by atoms with van der Waals surface area (Å²) in [6, 6.07) is 0. The van der Waals surface area contributed by atoms with Crippen molar-refractivity contribution in [1.82, 2.24) is 10.3 Å². The summed E-state index contributed by atoms with van der Waals surface area (Å²) in [5.74, 6) is 0.835. The Bertz CT molecular complexity index is 214. The molecule has 80 valence electrons. The van der Waals surface area contributed by atoms with Crippen molar-refractivity contribution >= 4 is 0 Å². The Hall–Kier alpha value is -0.910. The fourth-order valence-electron chi connectivity index (χ4n) is 1.01. The van der Waals surface area contributed by atoms with Gasteiger partial charge in [0.05, 0.1) is 26.0 Å². The molecule has 1 aromatic rings. The second-order valence-corrected chi connectivity index (χ2v) is 2.83. The number of nitrogens with zero attached hydrogens (tertiary/aromatic N) is 1. The average molecular weight is 200 g/mol. The highest BCUT2D eigenvalue weighted by molar-refractivity contribution is 4.86. The van der Waals surface area contributed by atoms with Crippen molar-refractivity contribution in [2.75, 3.05) is 26.4 Å². The molecule has 1 rings (SSSR count). The third-order valence-electron chi connectivity index (χ3n) is 1.66. The molecule has 0 fully saturated rings. The molecule has 0 saturated heterocycles. The van der Waals surface area contributed by atoms with Crippen LogP contribution in [0, 0.1) is 0 Å². The topological polar surface area (TPSA) is 67.5 Å². The van der Waals surface area contributed by atoms with Gasteiger partial charge < -0.3 is 19.6 Å². The van der Waals surface area contributed by atoms with E-state index in [4.69, 9.17) is 14.3 Å². The smallest absolute Gasteiger partial charge is 0.180 e. The molecule has 0 atom stereocenters. The predicted octanol–water partition coefficient (Wildman–Crippen LogP) is 0.163. The minimum absolute atomic E-state index is 0.0888. The Kier molecular flexibility index (Phi) is 5.97. The molecule has 0 amide bonds. The first kappa shape index (κ1) is 11.2. The molecule has 0 aliphatic heterocycles. The number of nitrogens with one attached hydrogen (secondary N) is 1. The van der Waals surface area contributed by atoms with Crippen molar-refractivity contribution in [3.8, 4) is 0 Å². The number of rotatable bonds is 8. The number of aliphatic hydroxyl groups is 1. The van der Waals surface area contributed by atoms with Crippen LogP contribution >= 0.6 is 0 Å². The summed E-state index contributed by atoms with van der Waals surface area (Å²) in [5, 5.41) is 11.6. The van der Waals surface area contributed by atoms with Crippen molar-refractivity contribution in [3.63, 3.8) is 0 Å². The second-order valence-electron chi connectivity index (χ2n) is 2.83. The first-order valence-electron chi connectivity index (χ1n) is 4.70. The van der Waals surface area contributed by atoms with E-state index in [9.17, 15) is 0 Å². The van der Waals surface area contributed by atoms with Crippen molar-refractivity contribution < 1.29 is 14.3 Å². The average Bonchev–Trinajstić information content (AvgIpc) is 2.69. The monoisotopic (exact) mass is 200 g/mol. The molecule has 0 saturated carbocycles. The predicted molar refractivity (Wildman–Crippen MR) is 50.7 cm³/mol. The summed E-state index contributed by atoms with van der Waals surface area (Å²) in [6.45, 7) is 2.74. The maximum absolute atomic E-state index is 8.43. The molecular formula is C9H16N2O3. The van der Waals surface area contributed by atoms with Crippen LogP contribution in [-0.4, -0.2) is 36.5 Å². The lowest BCUT2D eigenvalue weighted by molar-refractivity contribution is 0.0906. The van der Waals surface area contributed by atoms with Gasteiger partial charge in [-0.2, -0.15) is 0 Å². The van der Waals surface area contributed by atoms with Gasteiger partial charge in [0.25, 0.3) is 0 Å². The molecule has 0 spiro atoms. The quantitative estimate of drug-likeness (QED) is 0.585. The molecule has 5 heteroatoms. The van der Waals surface area contributed by atoms with Gasteiger partial charge in [0.15, 0.2) is 6.39 Å². The summed E-state index contributed by atoms with van der Waals surface area (Å²) in [4.78, 5) is 3.80. The number of ether oxygens (including phenoxy) is 1. The highest BCUT2D eigenvalue weighted by Gasteiger charge is 1.94. The van der Waals surface area contributed by atoms with Crippen molar-refractivity contribution in [3.05, 3.63) is 18.4 Å². The maximum atomic E-state index is 8.43. The number of hydrogen-bond acceptors (Lipinski definition) is 5. The van der Waals surface area contributed by atoms with Crippen LogP contribution in [0.4, 0.5) is 0 Å². The summed E-state index contributed by atoms with van der Waals surface area (Å²) in [6.07, 6.45) is 4.03. The van der Waals surface area contributed by atoms with Crippen LogP contribution < -0.4 is 5.32 Å². The summed E-state index contributed by atoms with van der Waals surface area (Å²) in [5.41, 5.74) is 0. The van der Waals surface area contributed by atoms with Gasteiger partial charge >= 0.3 is 0 Å². The van der Waals surface area contributed by atoms with E-state index in [2.05, 4.69) is 10.3 Å². The van der Waals surface area contributed by atoms with E-state index in [-0.39, 0.29) is 6.61 Å². The van der Waals surface area contributed by atoms with E-state index < -0.39 is 0 Å². The molecule has 2 N–H and O–H groups in total. The third kappa shape index (κ3) is 4.96. The maximum Gasteiger partial charge on any atom is 0.180 e. The normalized spacial score (nSPS) is 10.6. The van der Waals surface area contributed by atoms with E-state index in [0.29, 0.717) is 19.8 Å². The van der Waals surface area contributed by atoms with E-state index >= 15 is 0 Å². The molecule has 0 bridgehead atoms. The number of aromatic nitrogens is 1. The Morgan fingerprint density at radius 2 is 2.43 bits per heavy atom. The lowest BCUT2D eigenvalue weighted by Gasteiger charge is -2.02. The third-order valence-corrected chi connectivity index (χ3v) is 1.66. The highest BCUT2D eigenvalue weighted by Crippen LogP contribution is 1.94. The van der Waals surface area contributed by atoms with Gasteiger partial charge in [0, 0.05) is 6.61 Å². The van der Waals surface area contributed by atoms with E-state index in [1.54, 1.807) is 6.20 Å². The lowest BCUT2D eigenvalue weighted by atomic mass is 10.4. The fourth-order valence-corrected chi connectivity index (χ4v) is 1.01. The Balaban J connectivity index is 1.85. The number of aliphatic hydroxyl groups excluding tert-OH is 1. The largest absolute Gasteiger partial charge is 0.447 e. The van der Waals surface area contributed by atoms with Gasteiger partial charge in [-0.05, 0) is 13.0 Å². The van der Waals surface area contributed by atoms with Gasteiger partial charge in [-0.3, -0.25) is 0 Å². The van der Waals surface area contributed by atoms with Crippen molar-refractivity contribution in [1.29, 1.82) is 0 Å².